The van der Waals surface area contributed by atoms with Crippen molar-refractivity contribution in [2.45, 2.75) is 11.4 Å². The Balaban J connectivity index is 2.41. The van der Waals surface area contributed by atoms with E-state index >= 15 is 0 Å². The number of rotatable bonds is 4. The average molecular weight is 336 g/mol. The van der Waals surface area contributed by atoms with Gasteiger partial charge in [0.15, 0.2) is 21.5 Å². The number of thioether (sulfide) groups is 1. The monoisotopic (exact) mass is 336 g/mol. The van der Waals surface area contributed by atoms with Crippen molar-refractivity contribution in [2.24, 2.45) is 5.73 Å². The Morgan fingerprint density at radius 3 is 2.81 bits per heavy atom. The van der Waals surface area contributed by atoms with Crippen LogP contribution in [0.4, 0.5) is 8.78 Å². The smallest absolute Gasteiger partial charge is 0.164 e. The minimum atomic E-state index is -3.33. The van der Waals surface area contributed by atoms with Crippen LogP contribution in [0.25, 0.3) is 0 Å². The van der Waals surface area contributed by atoms with Gasteiger partial charge in [0, 0.05) is 36.4 Å². The molecule has 0 aliphatic carbocycles. The second-order valence-electron chi connectivity index (χ2n) is 4.99. The normalized spacial score (nSPS) is 22.2. The van der Waals surface area contributed by atoms with Gasteiger partial charge in [-0.15, -0.1) is 0 Å². The van der Waals surface area contributed by atoms with Crippen LogP contribution in [0.3, 0.4) is 0 Å². The van der Waals surface area contributed by atoms with Crippen molar-refractivity contribution in [3.63, 3.8) is 0 Å². The third-order valence-electron chi connectivity index (χ3n) is 3.58. The van der Waals surface area contributed by atoms with Gasteiger partial charge in [-0.2, -0.15) is 11.8 Å². The minimum absolute atomic E-state index is 0.0249. The first kappa shape index (κ1) is 16.7. The third kappa shape index (κ3) is 3.56. The van der Waals surface area contributed by atoms with E-state index < -0.39 is 32.9 Å². The van der Waals surface area contributed by atoms with Gasteiger partial charge in [0.05, 0.1) is 6.04 Å². The van der Waals surface area contributed by atoms with E-state index in [1.807, 2.05) is 0 Å². The molecule has 0 amide bonds. The first-order valence-electron chi connectivity index (χ1n) is 6.52. The maximum absolute atomic E-state index is 14.0. The van der Waals surface area contributed by atoms with E-state index in [0.717, 1.165) is 18.1 Å². The molecule has 1 aromatic carbocycles. The summed E-state index contributed by atoms with van der Waals surface area (Å²) in [4.78, 5) is 1.67. The molecule has 1 aromatic rings. The molecular formula is C13H18F2N2O2S2. The lowest BCUT2D eigenvalue weighted by Crippen LogP contribution is -2.50. The molecule has 0 saturated carbocycles. The SMILES string of the molecule is CS(=O)(=O)C1CSCCN1C(CN)c1cccc(F)c1F. The molecule has 8 heteroatoms. The Labute approximate surface area is 127 Å². The Bertz CT molecular complexity index is 610. The molecule has 0 spiro atoms. The standard InChI is InChI=1S/C13H18F2N2O2S2/c1-21(18,19)12-8-20-6-5-17(12)11(7-16)9-3-2-4-10(14)13(9)15/h2-4,11-12H,5-8,16H2,1H3. The van der Waals surface area contributed by atoms with Crippen LogP contribution in [0.5, 0.6) is 0 Å². The highest BCUT2D eigenvalue weighted by molar-refractivity contribution is 8.00. The molecule has 0 aromatic heterocycles. The average Bonchev–Trinajstić information content (AvgIpc) is 2.44. The molecule has 0 radical (unpaired) electrons. The highest BCUT2D eigenvalue weighted by Crippen LogP contribution is 2.31. The van der Waals surface area contributed by atoms with E-state index in [1.165, 1.54) is 23.9 Å². The summed E-state index contributed by atoms with van der Waals surface area (Å²) in [6, 6.07) is 3.25. The maximum atomic E-state index is 14.0. The summed E-state index contributed by atoms with van der Waals surface area (Å²) in [6.07, 6.45) is 1.16. The summed E-state index contributed by atoms with van der Waals surface area (Å²) in [5, 5.41) is -0.729. The topological polar surface area (TPSA) is 63.4 Å². The maximum Gasteiger partial charge on any atom is 0.164 e. The molecule has 1 aliphatic rings. The van der Waals surface area contributed by atoms with Gasteiger partial charge in [0.25, 0.3) is 0 Å². The van der Waals surface area contributed by atoms with Gasteiger partial charge >= 0.3 is 0 Å². The summed E-state index contributed by atoms with van der Waals surface area (Å²) >= 11 is 1.53. The Morgan fingerprint density at radius 1 is 1.48 bits per heavy atom. The van der Waals surface area contributed by atoms with Crippen molar-refractivity contribution in [1.29, 1.82) is 0 Å². The van der Waals surface area contributed by atoms with Crippen molar-refractivity contribution in [1.82, 2.24) is 4.90 Å². The number of hydrogen-bond donors (Lipinski definition) is 1. The zero-order valence-electron chi connectivity index (χ0n) is 11.6. The summed E-state index contributed by atoms with van der Waals surface area (Å²) in [5.74, 6) is -0.766. The number of halogens is 2. The van der Waals surface area contributed by atoms with Crippen molar-refractivity contribution >= 4 is 21.6 Å². The molecule has 2 unspecified atom stereocenters. The van der Waals surface area contributed by atoms with Gasteiger partial charge in [-0.05, 0) is 6.07 Å². The van der Waals surface area contributed by atoms with Crippen molar-refractivity contribution in [3.8, 4) is 0 Å². The van der Waals surface area contributed by atoms with E-state index in [4.69, 9.17) is 5.73 Å². The number of benzene rings is 1. The van der Waals surface area contributed by atoms with Gasteiger partial charge < -0.3 is 5.73 Å². The lowest BCUT2D eigenvalue weighted by Gasteiger charge is -2.39. The predicted octanol–water partition coefficient (Wildman–Crippen LogP) is 1.38. The van der Waals surface area contributed by atoms with Gasteiger partial charge in [-0.25, -0.2) is 17.2 Å². The summed E-state index contributed by atoms with van der Waals surface area (Å²) < 4.78 is 51.3. The fraction of sp³-hybridized carbons (Fsp3) is 0.538. The number of hydrogen-bond acceptors (Lipinski definition) is 5. The van der Waals surface area contributed by atoms with Gasteiger partial charge in [0.2, 0.25) is 0 Å². The third-order valence-corrected chi connectivity index (χ3v) is 6.24. The number of nitrogens with two attached hydrogens (primary N) is 1. The quantitative estimate of drug-likeness (QED) is 0.900. The summed E-state index contributed by atoms with van der Waals surface area (Å²) in [6.45, 7) is 0.497. The zero-order chi connectivity index (χ0) is 15.6. The second-order valence-corrected chi connectivity index (χ2v) is 8.34. The molecule has 4 nitrogen and oxygen atoms in total. The molecule has 0 bridgehead atoms. The van der Waals surface area contributed by atoms with Crippen molar-refractivity contribution in [3.05, 3.63) is 35.4 Å². The van der Waals surface area contributed by atoms with Gasteiger partial charge in [0.1, 0.15) is 5.37 Å². The fourth-order valence-electron chi connectivity index (χ4n) is 2.54. The molecule has 1 aliphatic heterocycles. The second kappa shape index (κ2) is 6.60. The minimum Gasteiger partial charge on any atom is -0.329 e. The first-order chi connectivity index (χ1) is 9.86. The van der Waals surface area contributed by atoms with Gasteiger partial charge in [-0.1, -0.05) is 12.1 Å². The molecular weight excluding hydrogens is 318 g/mol. The zero-order valence-corrected chi connectivity index (χ0v) is 13.3. The van der Waals surface area contributed by atoms with E-state index in [0.29, 0.717) is 12.3 Å². The van der Waals surface area contributed by atoms with E-state index in [9.17, 15) is 17.2 Å². The van der Waals surface area contributed by atoms with Crippen LogP contribution in [-0.4, -0.2) is 49.5 Å². The Kier molecular flexibility index (Phi) is 5.24. The van der Waals surface area contributed by atoms with Crippen LogP contribution in [0.15, 0.2) is 18.2 Å². The summed E-state index contributed by atoms with van der Waals surface area (Å²) in [5.41, 5.74) is 5.84. The molecule has 1 heterocycles. The molecule has 2 N–H and O–H groups in total. The lowest BCUT2D eigenvalue weighted by atomic mass is 10.0. The molecule has 2 atom stereocenters. The number of nitrogens with zero attached hydrogens (tertiary/aromatic N) is 1. The number of sulfone groups is 1. The lowest BCUT2D eigenvalue weighted by molar-refractivity contribution is 0.193. The Morgan fingerprint density at radius 2 is 2.19 bits per heavy atom. The van der Waals surface area contributed by atoms with Crippen LogP contribution >= 0.6 is 11.8 Å². The van der Waals surface area contributed by atoms with Crippen LogP contribution in [0, 0.1) is 11.6 Å². The van der Waals surface area contributed by atoms with Gasteiger partial charge in [-0.3, -0.25) is 4.90 Å². The summed E-state index contributed by atoms with van der Waals surface area (Å²) in [7, 11) is -3.33. The predicted molar refractivity (Wildman–Crippen MR) is 80.8 cm³/mol. The molecule has 21 heavy (non-hydrogen) atoms. The van der Waals surface area contributed by atoms with Crippen LogP contribution in [0.2, 0.25) is 0 Å². The van der Waals surface area contributed by atoms with E-state index in [-0.39, 0.29) is 12.1 Å². The molecule has 118 valence electrons. The molecule has 1 fully saturated rings. The van der Waals surface area contributed by atoms with Crippen molar-refractivity contribution in [2.75, 3.05) is 30.9 Å². The largest absolute Gasteiger partial charge is 0.329 e. The van der Waals surface area contributed by atoms with Crippen LogP contribution < -0.4 is 5.73 Å². The fourth-order valence-corrected chi connectivity index (χ4v) is 5.46. The highest BCUT2D eigenvalue weighted by atomic mass is 32.2. The highest BCUT2D eigenvalue weighted by Gasteiger charge is 2.36. The van der Waals surface area contributed by atoms with Crippen molar-refractivity contribution < 1.29 is 17.2 Å². The first-order valence-corrected chi connectivity index (χ1v) is 9.63. The van der Waals surface area contributed by atoms with E-state index in [1.54, 1.807) is 4.90 Å². The molecule has 2 rings (SSSR count). The van der Waals surface area contributed by atoms with E-state index in [2.05, 4.69) is 0 Å². The van der Waals surface area contributed by atoms with Crippen LogP contribution in [0.1, 0.15) is 11.6 Å². The Hall–Kier alpha value is -0.700. The molecule has 1 saturated heterocycles. The van der Waals surface area contributed by atoms with Crippen LogP contribution in [-0.2, 0) is 9.84 Å².